The number of rotatable bonds is 4. The van der Waals surface area contributed by atoms with E-state index in [1.807, 2.05) is 0 Å². The van der Waals surface area contributed by atoms with E-state index in [0.29, 0.717) is 18.2 Å². The fourth-order valence-corrected chi connectivity index (χ4v) is 2.55. The zero-order valence-corrected chi connectivity index (χ0v) is 12.4. The highest BCUT2D eigenvalue weighted by Gasteiger charge is 2.25. The third kappa shape index (κ3) is 4.02. The molecule has 0 aliphatic carbocycles. The number of hydrogen-bond acceptors (Lipinski definition) is 4. The predicted octanol–water partition coefficient (Wildman–Crippen LogP) is 1.31. The molecule has 20 heavy (non-hydrogen) atoms. The first-order chi connectivity index (χ1) is 9.56. The van der Waals surface area contributed by atoms with E-state index in [0.717, 1.165) is 13.1 Å². The summed E-state index contributed by atoms with van der Waals surface area (Å²) in [5.74, 6) is -0.0701. The largest absolute Gasteiger partial charge is 0.373 e. The molecule has 0 spiro atoms. The van der Waals surface area contributed by atoms with Crippen molar-refractivity contribution in [2.45, 2.75) is 39.0 Å². The topological polar surface area (TPSA) is 54.5 Å². The summed E-state index contributed by atoms with van der Waals surface area (Å²) in [5.41, 5.74) is 0.600. The Morgan fingerprint density at radius 1 is 1.50 bits per heavy atom. The minimum absolute atomic E-state index is 0.0701. The van der Waals surface area contributed by atoms with E-state index in [-0.39, 0.29) is 18.1 Å². The minimum Gasteiger partial charge on any atom is -0.373 e. The van der Waals surface area contributed by atoms with Crippen LogP contribution in [-0.4, -0.2) is 53.7 Å². The van der Waals surface area contributed by atoms with Gasteiger partial charge in [0.25, 0.3) is 5.91 Å². The monoisotopic (exact) mass is 277 g/mol. The Morgan fingerprint density at radius 2 is 2.20 bits per heavy atom. The van der Waals surface area contributed by atoms with Crippen molar-refractivity contribution in [1.29, 1.82) is 0 Å². The number of morpholine rings is 1. The van der Waals surface area contributed by atoms with Crippen molar-refractivity contribution in [3.63, 3.8) is 0 Å². The average Bonchev–Trinajstić information content (AvgIpc) is 2.44. The van der Waals surface area contributed by atoms with Crippen LogP contribution in [0.2, 0.25) is 0 Å². The van der Waals surface area contributed by atoms with Crippen LogP contribution in [0.25, 0.3) is 0 Å². The van der Waals surface area contributed by atoms with Gasteiger partial charge in [-0.3, -0.25) is 14.7 Å². The fourth-order valence-electron chi connectivity index (χ4n) is 2.55. The van der Waals surface area contributed by atoms with E-state index in [2.05, 4.69) is 36.0 Å². The molecule has 1 aliphatic heterocycles. The maximum atomic E-state index is 12.0. The molecule has 3 unspecified atom stereocenters. The Hall–Kier alpha value is -1.46. The quantitative estimate of drug-likeness (QED) is 0.901. The van der Waals surface area contributed by atoms with Crippen LogP contribution in [0.4, 0.5) is 0 Å². The number of amides is 1. The van der Waals surface area contributed by atoms with Crippen LogP contribution in [0, 0.1) is 0 Å². The van der Waals surface area contributed by atoms with Gasteiger partial charge in [0.05, 0.1) is 17.8 Å². The first kappa shape index (κ1) is 14.9. The summed E-state index contributed by atoms with van der Waals surface area (Å²) in [6.07, 6.45) is 3.74. The smallest absolute Gasteiger partial charge is 0.252 e. The summed E-state index contributed by atoms with van der Waals surface area (Å²) in [6.45, 7) is 8.76. The summed E-state index contributed by atoms with van der Waals surface area (Å²) in [6, 6.07) is 3.83. The van der Waals surface area contributed by atoms with E-state index in [1.165, 1.54) is 0 Å². The number of hydrogen-bond donors (Lipinski definition) is 1. The summed E-state index contributed by atoms with van der Waals surface area (Å²) < 4.78 is 5.72. The number of nitrogens with zero attached hydrogens (tertiary/aromatic N) is 2. The van der Waals surface area contributed by atoms with Gasteiger partial charge in [-0.05, 0) is 32.9 Å². The van der Waals surface area contributed by atoms with Crippen molar-refractivity contribution in [3.05, 3.63) is 30.1 Å². The van der Waals surface area contributed by atoms with Crippen molar-refractivity contribution in [2.75, 3.05) is 19.6 Å². The number of carbonyl (C=O) groups excluding carboxylic acids is 1. The molecule has 2 heterocycles. The van der Waals surface area contributed by atoms with Crippen LogP contribution in [-0.2, 0) is 4.74 Å². The molecule has 2 rings (SSSR count). The van der Waals surface area contributed by atoms with Crippen molar-refractivity contribution in [1.82, 2.24) is 15.2 Å². The Balaban J connectivity index is 1.83. The van der Waals surface area contributed by atoms with Crippen LogP contribution in [0.1, 0.15) is 31.1 Å². The zero-order valence-electron chi connectivity index (χ0n) is 12.4. The summed E-state index contributed by atoms with van der Waals surface area (Å²) in [4.78, 5) is 18.3. The van der Waals surface area contributed by atoms with Gasteiger partial charge in [-0.15, -0.1) is 0 Å². The average molecular weight is 277 g/mol. The van der Waals surface area contributed by atoms with Crippen LogP contribution in [0.15, 0.2) is 24.5 Å². The number of aromatic nitrogens is 1. The standard InChI is InChI=1S/C15H23N3O2/c1-11(18-9-12(2)20-13(3)10-18)7-17-15(19)14-5-4-6-16-8-14/h4-6,8,11-13H,7,9-10H2,1-3H3,(H,17,19). The maximum Gasteiger partial charge on any atom is 0.252 e. The van der Waals surface area contributed by atoms with Gasteiger partial charge >= 0.3 is 0 Å². The lowest BCUT2D eigenvalue weighted by molar-refractivity contribution is -0.0778. The van der Waals surface area contributed by atoms with Crippen molar-refractivity contribution in [3.8, 4) is 0 Å². The van der Waals surface area contributed by atoms with Gasteiger partial charge in [0, 0.05) is 38.1 Å². The Bertz CT molecular complexity index is 428. The molecule has 1 aliphatic rings. The second-order valence-electron chi connectivity index (χ2n) is 5.51. The second kappa shape index (κ2) is 6.81. The number of nitrogens with one attached hydrogen (secondary N) is 1. The van der Waals surface area contributed by atoms with Gasteiger partial charge in [-0.25, -0.2) is 0 Å². The number of carbonyl (C=O) groups is 1. The summed E-state index contributed by atoms with van der Waals surface area (Å²) in [5, 5.41) is 2.96. The van der Waals surface area contributed by atoms with E-state index < -0.39 is 0 Å². The molecule has 1 amide bonds. The SMILES string of the molecule is CC1CN(C(C)CNC(=O)c2cccnc2)CC(C)O1. The highest BCUT2D eigenvalue weighted by Crippen LogP contribution is 2.13. The van der Waals surface area contributed by atoms with Crippen molar-refractivity contribution >= 4 is 5.91 Å². The van der Waals surface area contributed by atoms with Crippen LogP contribution < -0.4 is 5.32 Å². The molecule has 0 aromatic carbocycles. The lowest BCUT2D eigenvalue weighted by Gasteiger charge is -2.39. The molecule has 1 aromatic rings. The molecular formula is C15H23N3O2. The highest BCUT2D eigenvalue weighted by atomic mass is 16.5. The Morgan fingerprint density at radius 3 is 2.80 bits per heavy atom. The number of pyridine rings is 1. The minimum atomic E-state index is -0.0701. The van der Waals surface area contributed by atoms with Crippen molar-refractivity contribution < 1.29 is 9.53 Å². The van der Waals surface area contributed by atoms with E-state index >= 15 is 0 Å². The second-order valence-corrected chi connectivity index (χ2v) is 5.51. The highest BCUT2D eigenvalue weighted by molar-refractivity contribution is 5.93. The lowest BCUT2D eigenvalue weighted by atomic mass is 10.1. The molecule has 110 valence electrons. The van der Waals surface area contributed by atoms with Gasteiger partial charge in [-0.2, -0.15) is 0 Å². The molecular weight excluding hydrogens is 254 g/mol. The van der Waals surface area contributed by atoms with Gasteiger partial charge in [0.2, 0.25) is 0 Å². The third-order valence-corrected chi connectivity index (χ3v) is 3.55. The summed E-state index contributed by atoms with van der Waals surface area (Å²) >= 11 is 0. The maximum absolute atomic E-state index is 12.0. The first-order valence-electron chi connectivity index (χ1n) is 7.14. The van der Waals surface area contributed by atoms with Crippen LogP contribution >= 0.6 is 0 Å². The summed E-state index contributed by atoms with van der Waals surface area (Å²) in [7, 11) is 0. The predicted molar refractivity (Wildman–Crippen MR) is 77.6 cm³/mol. The first-order valence-corrected chi connectivity index (χ1v) is 7.14. The van der Waals surface area contributed by atoms with Crippen molar-refractivity contribution in [2.24, 2.45) is 0 Å². The van der Waals surface area contributed by atoms with Gasteiger partial charge < -0.3 is 10.1 Å². The molecule has 0 radical (unpaired) electrons. The van der Waals surface area contributed by atoms with Gasteiger partial charge in [0.15, 0.2) is 0 Å². The fraction of sp³-hybridized carbons (Fsp3) is 0.600. The molecule has 5 nitrogen and oxygen atoms in total. The van der Waals surface area contributed by atoms with Crippen LogP contribution in [0.3, 0.4) is 0 Å². The van der Waals surface area contributed by atoms with E-state index in [1.54, 1.807) is 24.5 Å². The van der Waals surface area contributed by atoms with Gasteiger partial charge in [0.1, 0.15) is 0 Å². The zero-order chi connectivity index (χ0) is 14.5. The van der Waals surface area contributed by atoms with E-state index in [4.69, 9.17) is 4.74 Å². The molecule has 1 aromatic heterocycles. The molecule has 1 saturated heterocycles. The van der Waals surface area contributed by atoms with E-state index in [9.17, 15) is 4.79 Å². The normalized spacial score (nSPS) is 25.1. The molecule has 0 saturated carbocycles. The number of ether oxygens (including phenoxy) is 1. The molecule has 1 N–H and O–H groups in total. The Labute approximate surface area is 120 Å². The molecule has 0 bridgehead atoms. The molecule has 5 heteroatoms. The Kier molecular flexibility index (Phi) is 5.09. The van der Waals surface area contributed by atoms with Crippen LogP contribution in [0.5, 0.6) is 0 Å². The van der Waals surface area contributed by atoms with Gasteiger partial charge in [-0.1, -0.05) is 0 Å². The lowest BCUT2D eigenvalue weighted by Crippen LogP contribution is -2.52. The molecule has 1 fully saturated rings. The molecule has 3 atom stereocenters. The third-order valence-electron chi connectivity index (χ3n) is 3.55.